The van der Waals surface area contributed by atoms with Crippen LogP contribution in [0, 0.1) is 0 Å². The van der Waals surface area contributed by atoms with Crippen molar-refractivity contribution in [2.45, 2.75) is 25.5 Å². The zero-order chi connectivity index (χ0) is 14.6. The van der Waals surface area contributed by atoms with Crippen LogP contribution in [0.5, 0.6) is 5.75 Å². The van der Waals surface area contributed by atoms with Gasteiger partial charge >= 0.3 is 0 Å². The average Bonchev–Trinajstić information content (AvgIpc) is 2.80. The van der Waals surface area contributed by atoms with Crippen molar-refractivity contribution in [3.05, 3.63) is 26.6 Å². The van der Waals surface area contributed by atoms with Gasteiger partial charge in [0.25, 0.3) is 0 Å². The normalized spacial score (nSPS) is 22.2. The van der Waals surface area contributed by atoms with Crippen LogP contribution in [0.2, 0.25) is 0 Å². The van der Waals surface area contributed by atoms with Gasteiger partial charge in [-0.15, -0.1) is 0 Å². The SMILES string of the molecule is CCOc1c(Br)cc(Br)cc1CNCC1(O)CCOC1. The van der Waals surface area contributed by atoms with Crippen molar-refractivity contribution in [1.82, 2.24) is 5.32 Å². The van der Waals surface area contributed by atoms with Crippen molar-refractivity contribution < 1.29 is 14.6 Å². The molecule has 0 aromatic heterocycles. The van der Waals surface area contributed by atoms with Gasteiger partial charge in [-0.05, 0) is 35.0 Å². The van der Waals surface area contributed by atoms with E-state index >= 15 is 0 Å². The van der Waals surface area contributed by atoms with Gasteiger partial charge in [0.2, 0.25) is 0 Å². The van der Waals surface area contributed by atoms with Crippen LogP contribution in [-0.2, 0) is 11.3 Å². The molecule has 0 radical (unpaired) electrons. The molecule has 112 valence electrons. The van der Waals surface area contributed by atoms with Crippen molar-refractivity contribution in [2.75, 3.05) is 26.4 Å². The van der Waals surface area contributed by atoms with Gasteiger partial charge in [0.1, 0.15) is 11.4 Å². The fourth-order valence-electron chi connectivity index (χ4n) is 2.22. The number of halogens is 2. The van der Waals surface area contributed by atoms with Gasteiger partial charge in [-0.3, -0.25) is 0 Å². The summed E-state index contributed by atoms with van der Waals surface area (Å²) in [4.78, 5) is 0. The number of rotatable bonds is 6. The predicted octanol–water partition coefficient (Wildman–Crippen LogP) is 2.85. The second kappa shape index (κ2) is 7.22. The minimum Gasteiger partial charge on any atom is -0.492 e. The molecule has 1 aliphatic heterocycles. The molecule has 0 saturated carbocycles. The second-order valence-corrected chi connectivity index (χ2v) is 6.71. The molecule has 0 bridgehead atoms. The van der Waals surface area contributed by atoms with Crippen LogP contribution >= 0.6 is 31.9 Å². The molecule has 1 aliphatic rings. The summed E-state index contributed by atoms with van der Waals surface area (Å²) in [5, 5.41) is 13.5. The summed E-state index contributed by atoms with van der Waals surface area (Å²) in [6.07, 6.45) is 0.681. The van der Waals surface area contributed by atoms with Gasteiger partial charge in [-0.2, -0.15) is 0 Å². The first-order chi connectivity index (χ1) is 9.54. The van der Waals surface area contributed by atoms with E-state index in [9.17, 15) is 5.11 Å². The van der Waals surface area contributed by atoms with Crippen molar-refractivity contribution in [3.63, 3.8) is 0 Å². The summed E-state index contributed by atoms with van der Waals surface area (Å²) in [5.74, 6) is 0.845. The summed E-state index contributed by atoms with van der Waals surface area (Å²) in [7, 11) is 0. The smallest absolute Gasteiger partial charge is 0.138 e. The molecule has 2 rings (SSSR count). The molecule has 1 aromatic rings. The maximum Gasteiger partial charge on any atom is 0.138 e. The molecule has 1 heterocycles. The number of nitrogens with one attached hydrogen (secondary N) is 1. The number of aliphatic hydroxyl groups is 1. The Balaban J connectivity index is 2.01. The minimum absolute atomic E-state index is 0.403. The number of ether oxygens (including phenoxy) is 2. The quantitative estimate of drug-likeness (QED) is 0.759. The second-order valence-electron chi connectivity index (χ2n) is 4.94. The molecule has 4 nitrogen and oxygen atoms in total. The monoisotopic (exact) mass is 407 g/mol. The molecule has 20 heavy (non-hydrogen) atoms. The maximum absolute atomic E-state index is 10.2. The van der Waals surface area contributed by atoms with E-state index in [-0.39, 0.29) is 0 Å². The van der Waals surface area contributed by atoms with E-state index in [1.165, 1.54) is 0 Å². The van der Waals surface area contributed by atoms with Gasteiger partial charge in [-0.1, -0.05) is 15.9 Å². The minimum atomic E-state index is -0.741. The van der Waals surface area contributed by atoms with Crippen molar-refractivity contribution >= 4 is 31.9 Å². The van der Waals surface area contributed by atoms with Gasteiger partial charge in [0.05, 0.1) is 17.7 Å². The third-order valence-corrected chi connectivity index (χ3v) is 4.27. The Labute approximate surface area is 136 Å². The molecule has 1 aromatic carbocycles. The first-order valence-corrected chi connectivity index (χ1v) is 8.24. The number of benzene rings is 1. The molecule has 1 fully saturated rings. The van der Waals surface area contributed by atoms with E-state index < -0.39 is 5.60 Å². The van der Waals surface area contributed by atoms with Crippen molar-refractivity contribution in [1.29, 1.82) is 0 Å². The highest BCUT2D eigenvalue weighted by Gasteiger charge is 2.31. The first kappa shape index (κ1) is 16.2. The molecule has 2 N–H and O–H groups in total. The van der Waals surface area contributed by atoms with Crippen LogP contribution in [-0.4, -0.2) is 37.1 Å². The Hall–Kier alpha value is -0.140. The van der Waals surface area contributed by atoms with Crippen LogP contribution in [0.25, 0.3) is 0 Å². The Morgan fingerprint density at radius 3 is 2.90 bits per heavy atom. The van der Waals surface area contributed by atoms with E-state index in [1.807, 2.05) is 19.1 Å². The lowest BCUT2D eigenvalue weighted by Gasteiger charge is -2.21. The van der Waals surface area contributed by atoms with Crippen molar-refractivity contribution in [2.24, 2.45) is 0 Å². The fraction of sp³-hybridized carbons (Fsp3) is 0.571. The van der Waals surface area contributed by atoms with Crippen LogP contribution < -0.4 is 10.1 Å². The molecular weight excluding hydrogens is 390 g/mol. The highest BCUT2D eigenvalue weighted by Crippen LogP contribution is 2.33. The van der Waals surface area contributed by atoms with Crippen molar-refractivity contribution in [3.8, 4) is 5.75 Å². The lowest BCUT2D eigenvalue weighted by molar-refractivity contribution is 0.0268. The highest BCUT2D eigenvalue weighted by atomic mass is 79.9. The Kier molecular flexibility index (Phi) is 5.86. The van der Waals surface area contributed by atoms with E-state index in [4.69, 9.17) is 9.47 Å². The molecule has 1 saturated heterocycles. The first-order valence-electron chi connectivity index (χ1n) is 6.65. The fourth-order valence-corrected chi connectivity index (χ4v) is 3.64. The highest BCUT2D eigenvalue weighted by molar-refractivity contribution is 9.11. The van der Waals surface area contributed by atoms with Gasteiger partial charge in [0, 0.05) is 36.2 Å². The van der Waals surface area contributed by atoms with E-state index in [0.29, 0.717) is 39.3 Å². The topological polar surface area (TPSA) is 50.7 Å². The summed E-state index contributed by atoms with van der Waals surface area (Å²) in [6, 6.07) is 3.99. The Morgan fingerprint density at radius 1 is 1.45 bits per heavy atom. The average molecular weight is 409 g/mol. The molecule has 0 amide bonds. The van der Waals surface area contributed by atoms with E-state index in [0.717, 1.165) is 20.3 Å². The summed E-state index contributed by atoms with van der Waals surface area (Å²) < 4.78 is 12.8. The zero-order valence-corrected chi connectivity index (χ0v) is 14.6. The lowest BCUT2D eigenvalue weighted by atomic mass is 10.0. The molecule has 1 atom stereocenters. The van der Waals surface area contributed by atoms with Gasteiger partial charge in [-0.25, -0.2) is 0 Å². The Morgan fingerprint density at radius 2 is 2.25 bits per heavy atom. The molecule has 1 unspecified atom stereocenters. The van der Waals surface area contributed by atoms with Crippen LogP contribution in [0.1, 0.15) is 18.9 Å². The predicted molar refractivity (Wildman–Crippen MR) is 85.1 cm³/mol. The molecular formula is C14H19Br2NO3. The number of hydrogen-bond donors (Lipinski definition) is 2. The largest absolute Gasteiger partial charge is 0.492 e. The summed E-state index contributed by atoms with van der Waals surface area (Å²) in [6.45, 7) is 4.76. The Bertz CT molecular complexity index is 462. The van der Waals surface area contributed by atoms with Crippen LogP contribution in [0.3, 0.4) is 0 Å². The van der Waals surface area contributed by atoms with Gasteiger partial charge in [0.15, 0.2) is 0 Å². The molecule has 0 aliphatic carbocycles. The third kappa shape index (κ3) is 4.18. The summed E-state index contributed by atoms with van der Waals surface area (Å²) in [5.41, 5.74) is 0.310. The molecule has 0 spiro atoms. The van der Waals surface area contributed by atoms with Gasteiger partial charge < -0.3 is 19.9 Å². The standard InChI is InChI=1S/C14H19Br2NO3/c1-2-20-13-10(5-11(15)6-12(13)16)7-17-8-14(18)3-4-19-9-14/h5-6,17-18H,2-4,7-9H2,1H3. The number of hydrogen-bond acceptors (Lipinski definition) is 4. The van der Waals surface area contributed by atoms with E-state index in [2.05, 4.69) is 37.2 Å². The van der Waals surface area contributed by atoms with Crippen LogP contribution in [0.15, 0.2) is 21.1 Å². The summed E-state index contributed by atoms with van der Waals surface area (Å²) >= 11 is 7.00. The van der Waals surface area contributed by atoms with E-state index in [1.54, 1.807) is 0 Å². The maximum atomic E-state index is 10.2. The lowest BCUT2D eigenvalue weighted by Crippen LogP contribution is -2.40. The third-order valence-electron chi connectivity index (χ3n) is 3.23. The van der Waals surface area contributed by atoms with Crippen LogP contribution in [0.4, 0.5) is 0 Å². The molecule has 6 heteroatoms. The zero-order valence-electron chi connectivity index (χ0n) is 11.4.